The van der Waals surface area contributed by atoms with Gasteiger partial charge in [-0.15, -0.1) is 0 Å². The zero-order chi connectivity index (χ0) is 14.8. The van der Waals surface area contributed by atoms with Gasteiger partial charge in [0.2, 0.25) is 5.88 Å². The van der Waals surface area contributed by atoms with Crippen molar-refractivity contribution in [3.63, 3.8) is 0 Å². The minimum atomic E-state index is 0.386. The van der Waals surface area contributed by atoms with Crippen molar-refractivity contribution in [1.82, 2.24) is 4.98 Å². The van der Waals surface area contributed by atoms with Crippen LogP contribution < -0.4 is 4.74 Å². The maximum Gasteiger partial charge on any atom is 0.214 e. The lowest BCUT2D eigenvalue weighted by Crippen LogP contribution is -2.13. The molecule has 0 amide bonds. The van der Waals surface area contributed by atoms with E-state index >= 15 is 0 Å². The third-order valence-corrected chi connectivity index (χ3v) is 4.95. The van der Waals surface area contributed by atoms with Crippen LogP contribution in [0.5, 0.6) is 5.88 Å². The third kappa shape index (κ3) is 2.87. The number of ether oxygens (including phenoxy) is 1. The topological polar surface area (TPSA) is 22.1 Å². The first-order valence-corrected chi connectivity index (χ1v) is 8.61. The molecule has 0 atom stereocenters. The molecule has 2 aromatic rings. The molecule has 1 aromatic heterocycles. The molecule has 0 spiro atoms. The van der Waals surface area contributed by atoms with Crippen LogP contribution in [0.4, 0.5) is 0 Å². The monoisotopic (exact) mass is 293 g/mol. The van der Waals surface area contributed by atoms with Gasteiger partial charge in [-0.1, -0.05) is 30.3 Å². The van der Waals surface area contributed by atoms with Crippen LogP contribution in [0.1, 0.15) is 54.5 Å². The fourth-order valence-corrected chi connectivity index (χ4v) is 3.81. The zero-order valence-corrected chi connectivity index (χ0v) is 13.1. The Kier molecular flexibility index (Phi) is 3.84. The molecule has 4 rings (SSSR count). The van der Waals surface area contributed by atoms with E-state index in [0.717, 1.165) is 18.7 Å². The van der Waals surface area contributed by atoms with Crippen LogP contribution in [0.25, 0.3) is 0 Å². The quantitative estimate of drug-likeness (QED) is 0.829. The molecule has 0 unspecified atom stereocenters. The lowest BCUT2D eigenvalue weighted by molar-refractivity contribution is 0.201. The summed E-state index contributed by atoms with van der Waals surface area (Å²) in [5, 5.41) is 0. The van der Waals surface area contributed by atoms with E-state index in [1.54, 1.807) is 0 Å². The predicted octanol–water partition coefficient (Wildman–Crippen LogP) is 4.48. The van der Waals surface area contributed by atoms with Crippen LogP contribution in [0.15, 0.2) is 36.4 Å². The van der Waals surface area contributed by atoms with E-state index in [1.807, 2.05) is 0 Å². The molecule has 1 aromatic carbocycles. The number of hydrogen-bond donors (Lipinski definition) is 0. The highest BCUT2D eigenvalue weighted by molar-refractivity contribution is 5.41. The first-order valence-electron chi connectivity index (χ1n) is 8.61. The van der Waals surface area contributed by atoms with Crippen LogP contribution in [-0.2, 0) is 19.3 Å². The highest BCUT2D eigenvalue weighted by atomic mass is 16.5. The van der Waals surface area contributed by atoms with Gasteiger partial charge in [-0.05, 0) is 68.1 Å². The van der Waals surface area contributed by atoms with Crippen molar-refractivity contribution in [2.24, 2.45) is 0 Å². The summed E-state index contributed by atoms with van der Waals surface area (Å²) in [7, 11) is 0. The summed E-state index contributed by atoms with van der Waals surface area (Å²) in [6, 6.07) is 12.9. The highest BCUT2D eigenvalue weighted by Crippen LogP contribution is 2.30. The molecule has 0 radical (unpaired) electrons. The molecule has 2 nitrogen and oxygen atoms in total. The molecule has 114 valence electrons. The number of pyridine rings is 1. The fraction of sp³-hybridized carbons (Fsp3) is 0.450. The summed E-state index contributed by atoms with van der Waals surface area (Å²) in [6.07, 6.45) is 9.87. The third-order valence-electron chi connectivity index (χ3n) is 4.95. The maximum atomic E-state index is 6.17. The standard InChI is InChI=1S/C20H23NO/c1-2-7-15(8-3-1)13-16-14-20(22-17-9-4-5-10-17)21-19-12-6-11-18(16)19/h1-3,7-8,14,17H,4-6,9-13H2. The van der Waals surface area contributed by atoms with Crippen molar-refractivity contribution >= 4 is 0 Å². The number of nitrogens with zero attached hydrogens (tertiary/aromatic N) is 1. The van der Waals surface area contributed by atoms with Gasteiger partial charge in [-0.3, -0.25) is 0 Å². The first kappa shape index (κ1) is 13.8. The number of fused-ring (bicyclic) bond motifs is 1. The molecule has 1 saturated carbocycles. The van der Waals surface area contributed by atoms with E-state index in [1.165, 1.54) is 60.9 Å². The largest absolute Gasteiger partial charge is 0.474 e. The van der Waals surface area contributed by atoms with Crippen molar-refractivity contribution in [2.75, 3.05) is 0 Å². The predicted molar refractivity (Wildman–Crippen MR) is 88.4 cm³/mol. The number of aromatic nitrogens is 1. The van der Waals surface area contributed by atoms with E-state index in [-0.39, 0.29) is 0 Å². The molecular formula is C20H23NO. The number of rotatable bonds is 4. The molecule has 0 N–H and O–H groups in total. The summed E-state index contributed by atoms with van der Waals surface area (Å²) in [6.45, 7) is 0. The average molecular weight is 293 g/mol. The number of benzene rings is 1. The molecule has 2 aliphatic rings. The molecule has 2 aliphatic carbocycles. The fourth-order valence-electron chi connectivity index (χ4n) is 3.81. The molecule has 0 aliphatic heterocycles. The second-order valence-electron chi connectivity index (χ2n) is 6.59. The van der Waals surface area contributed by atoms with Gasteiger partial charge in [0, 0.05) is 11.8 Å². The van der Waals surface area contributed by atoms with E-state index < -0.39 is 0 Å². The van der Waals surface area contributed by atoms with Crippen LogP contribution in [0.3, 0.4) is 0 Å². The normalized spacial score (nSPS) is 17.6. The van der Waals surface area contributed by atoms with E-state index in [9.17, 15) is 0 Å². The maximum absolute atomic E-state index is 6.17. The Morgan fingerprint density at radius 2 is 1.82 bits per heavy atom. The van der Waals surface area contributed by atoms with E-state index in [2.05, 4.69) is 36.4 Å². The Bertz CT molecular complexity index is 644. The number of aryl methyl sites for hydroxylation is 1. The average Bonchev–Trinajstić information content (AvgIpc) is 3.20. The van der Waals surface area contributed by atoms with Gasteiger partial charge in [-0.25, -0.2) is 4.98 Å². The molecule has 2 heteroatoms. The summed E-state index contributed by atoms with van der Waals surface area (Å²) < 4.78 is 6.17. The lowest BCUT2D eigenvalue weighted by atomic mass is 10.00. The van der Waals surface area contributed by atoms with Crippen LogP contribution in [-0.4, -0.2) is 11.1 Å². The van der Waals surface area contributed by atoms with Crippen molar-refractivity contribution in [2.45, 2.75) is 57.5 Å². The van der Waals surface area contributed by atoms with Crippen molar-refractivity contribution in [3.05, 3.63) is 58.8 Å². The van der Waals surface area contributed by atoms with E-state index in [0.29, 0.717) is 6.10 Å². The van der Waals surface area contributed by atoms with Gasteiger partial charge < -0.3 is 4.74 Å². The molecule has 1 heterocycles. The van der Waals surface area contributed by atoms with Crippen LogP contribution in [0, 0.1) is 0 Å². The van der Waals surface area contributed by atoms with Crippen molar-refractivity contribution in [3.8, 4) is 5.88 Å². The summed E-state index contributed by atoms with van der Waals surface area (Å²) in [4.78, 5) is 4.80. The second kappa shape index (κ2) is 6.12. The summed E-state index contributed by atoms with van der Waals surface area (Å²) in [5.41, 5.74) is 5.54. The summed E-state index contributed by atoms with van der Waals surface area (Å²) in [5.74, 6) is 0.860. The van der Waals surface area contributed by atoms with Gasteiger partial charge in [0.1, 0.15) is 6.10 Å². The van der Waals surface area contributed by atoms with Gasteiger partial charge in [-0.2, -0.15) is 0 Å². The Morgan fingerprint density at radius 3 is 2.64 bits per heavy atom. The smallest absolute Gasteiger partial charge is 0.214 e. The molecular weight excluding hydrogens is 270 g/mol. The minimum Gasteiger partial charge on any atom is -0.474 e. The lowest BCUT2D eigenvalue weighted by Gasteiger charge is -2.16. The van der Waals surface area contributed by atoms with Gasteiger partial charge >= 0.3 is 0 Å². The van der Waals surface area contributed by atoms with E-state index in [4.69, 9.17) is 9.72 Å². The van der Waals surface area contributed by atoms with Gasteiger partial charge in [0.15, 0.2) is 0 Å². The Balaban J connectivity index is 1.62. The molecule has 1 fully saturated rings. The van der Waals surface area contributed by atoms with Crippen molar-refractivity contribution < 1.29 is 4.74 Å². The summed E-state index contributed by atoms with van der Waals surface area (Å²) >= 11 is 0. The highest BCUT2D eigenvalue weighted by Gasteiger charge is 2.21. The SMILES string of the molecule is c1ccc(Cc2cc(OC3CCCC3)nc3c2CCC3)cc1. The van der Waals surface area contributed by atoms with Gasteiger partial charge in [0.25, 0.3) is 0 Å². The minimum absolute atomic E-state index is 0.386. The van der Waals surface area contributed by atoms with Crippen molar-refractivity contribution in [1.29, 1.82) is 0 Å². The second-order valence-corrected chi connectivity index (χ2v) is 6.59. The van der Waals surface area contributed by atoms with Gasteiger partial charge in [0.05, 0.1) is 0 Å². The zero-order valence-electron chi connectivity index (χ0n) is 13.1. The molecule has 22 heavy (non-hydrogen) atoms. The Morgan fingerprint density at radius 1 is 1.00 bits per heavy atom. The number of hydrogen-bond acceptors (Lipinski definition) is 2. The molecule has 0 bridgehead atoms. The van der Waals surface area contributed by atoms with Crippen LogP contribution >= 0.6 is 0 Å². The Labute approximate surface area is 132 Å². The van der Waals surface area contributed by atoms with Crippen LogP contribution in [0.2, 0.25) is 0 Å². The molecule has 0 saturated heterocycles. The Hall–Kier alpha value is -1.83. The first-order chi connectivity index (χ1) is 10.9.